The minimum absolute atomic E-state index is 0.190. The maximum atomic E-state index is 11.3. The predicted molar refractivity (Wildman–Crippen MR) is 105 cm³/mol. The van der Waals surface area contributed by atoms with E-state index in [1.165, 1.54) is 0 Å². The van der Waals surface area contributed by atoms with Crippen LogP contribution in [0.3, 0.4) is 0 Å². The first-order valence-corrected chi connectivity index (χ1v) is 8.55. The number of anilines is 1. The first-order chi connectivity index (χ1) is 12.6. The van der Waals surface area contributed by atoms with Crippen LogP contribution in [0.25, 0.3) is 16.7 Å². The summed E-state index contributed by atoms with van der Waals surface area (Å²) in [7, 11) is 3.62. The van der Waals surface area contributed by atoms with E-state index in [4.69, 9.17) is 5.73 Å². The van der Waals surface area contributed by atoms with Gasteiger partial charge in [-0.25, -0.2) is 9.78 Å². The van der Waals surface area contributed by atoms with Crippen molar-refractivity contribution in [1.82, 2.24) is 20.2 Å². The molecule has 1 aromatic heterocycles. The fourth-order valence-electron chi connectivity index (χ4n) is 2.81. The Balaban J connectivity index is 1.81. The second-order valence-corrected chi connectivity index (χ2v) is 6.10. The predicted octanol–water partition coefficient (Wildman–Crippen LogP) is 1.85. The van der Waals surface area contributed by atoms with Gasteiger partial charge in [-0.05, 0) is 35.9 Å². The van der Waals surface area contributed by atoms with Gasteiger partial charge in [-0.2, -0.15) is 0 Å². The monoisotopic (exact) mass is 352 g/mol. The van der Waals surface area contributed by atoms with Crippen LogP contribution in [0.2, 0.25) is 0 Å². The fourth-order valence-corrected chi connectivity index (χ4v) is 2.81. The number of nitrogens with zero attached hydrogens (tertiary/aromatic N) is 3. The average molecular weight is 352 g/mol. The molecule has 0 aliphatic carbocycles. The number of imidazole rings is 1. The third-order valence-electron chi connectivity index (χ3n) is 4.33. The number of likely N-dealkylation sites (N-methyl/N-ethyl adjacent to an activating group) is 1. The Kier molecular flexibility index (Phi) is 5.38. The van der Waals surface area contributed by atoms with Crippen molar-refractivity contribution in [3.8, 4) is 5.69 Å². The normalized spacial score (nSPS) is 10.7. The zero-order chi connectivity index (χ0) is 18.5. The van der Waals surface area contributed by atoms with Gasteiger partial charge >= 0.3 is 6.03 Å². The number of aromatic nitrogens is 2. The molecule has 0 atom stereocenters. The highest BCUT2D eigenvalue weighted by molar-refractivity contribution is 5.81. The van der Waals surface area contributed by atoms with E-state index in [1.807, 2.05) is 37.6 Å². The zero-order valence-electron chi connectivity index (χ0n) is 15.1. The number of rotatable bonds is 6. The van der Waals surface area contributed by atoms with Crippen molar-refractivity contribution in [3.05, 3.63) is 54.4 Å². The molecule has 3 rings (SSSR count). The van der Waals surface area contributed by atoms with Crippen molar-refractivity contribution < 1.29 is 4.79 Å². The molecule has 136 valence electrons. The third-order valence-corrected chi connectivity index (χ3v) is 4.33. The molecule has 0 saturated heterocycles. The van der Waals surface area contributed by atoms with Crippen molar-refractivity contribution in [2.24, 2.45) is 5.73 Å². The van der Waals surface area contributed by atoms with Crippen molar-refractivity contribution >= 4 is 22.8 Å². The summed E-state index contributed by atoms with van der Waals surface area (Å²) in [5, 5.41) is 5.31. The van der Waals surface area contributed by atoms with Crippen molar-refractivity contribution in [2.75, 3.05) is 32.1 Å². The highest BCUT2D eigenvalue weighted by Crippen LogP contribution is 2.23. The molecule has 1 heterocycles. The lowest BCUT2D eigenvalue weighted by atomic mass is 10.2. The van der Waals surface area contributed by atoms with E-state index in [2.05, 4.69) is 43.3 Å². The van der Waals surface area contributed by atoms with Crippen LogP contribution in [0.15, 0.2) is 48.8 Å². The zero-order valence-corrected chi connectivity index (χ0v) is 15.1. The molecular weight excluding hydrogens is 328 g/mol. The summed E-state index contributed by atoms with van der Waals surface area (Å²) in [6.07, 6.45) is 1.83. The van der Waals surface area contributed by atoms with Crippen LogP contribution in [0, 0.1) is 0 Å². The van der Waals surface area contributed by atoms with Gasteiger partial charge in [-0.15, -0.1) is 0 Å². The number of hydrogen-bond acceptors (Lipinski definition) is 4. The Morgan fingerprint density at radius 2 is 2.00 bits per heavy atom. The first-order valence-electron chi connectivity index (χ1n) is 8.55. The standard InChI is InChI=1S/C19H24N6O/c1-21-19(26)22-12-14-3-5-15(6-4-14)25-13-23-17-11-16(7-8-18(17)25)24(2)10-9-20/h3-8,11,13H,9-10,12,20H2,1-2H3,(H2,21,22,26). The van der Waals surface area contributed by atoms with Gasteiger partial charge in [0.05, 0.1) is 11.0 Å². The topological polar surface area (TPSA) is 88.2 Å². The Morgan fingerprint density at radius 3 is 2.69 bits per heavy atom. The molecular formula is C19H24N6O. The summed E-state index contributed by atoms with van der Waals surface area (Å²) in [6, 6.07) is 14.1. The van der Waals surface area contributed by atoms with Crippen molar-refractivity contribution in [3.63, 3.8) is 0 Å². The van der Waals surface area contributed by atoms with E-state index >= 15 is 0 Å². The molecule has 0 unspecified atom stereocenters. The lowest BCUT2D eigenvalue weighted by Crippen LogP contribution is -2.32. The van der Waals surface area contributed by atoms with Crippen LogP contribution in [0.1, 0.15) is 5.56 Å². The quantitative estimate of drug-likeness (QED) is 0.632. The second kappa shape index (κ2) is 7.88. The number of benzene rings is 2. The molecule has 0 aliphatic rings. The minimum Gasteiger partial charge on any atom is -0.373 e. The maximum Gasteiger partial charge on any atom is 0.314 e. The van der Waals surface area contributed by atoms with Gasteiger partial charge in [0.1, 0.15) is 6.33 Å². The number of fused-ring (bicyclic) bond motifs is 1. The number of amides is 2. The molecule has 0 aliphatic heterocycles. The molecule has 0 saturated carbocycles. The summed E-state index contributed by atoms with van der Waals surface area (Å²) >= 11 is 0. The van der Waals surface area contributed by atoms with Gasteiger partial charge in [0.2, 0.25) is 0 Å². The van der Waals surface area contributed by atoms with E-state index in [-0.39, 0.29) is 6.03 Å². The number of carbonyl (C=O) groups is 1. The Bertz CT molecular complexity index is 887. The summed E-state index contributed by atoms with van der Waals surface area (Å²) in [5.41, 5.74) is 10.8. The number of hydrogen-bond donors (Lipinski definition) is 3. The van der Waals surface area contributed by atoms with Crippen LogP contribution in [-0.2, 0) is 6.54 Å². The van der Waals surface area contributed by atoms with Gasteiger partial charge in [0.25, 0.3) is 0 Å². The number of nitrogens with one attached hydrogen (secondary N) is 2. The van der Waals surface area contributed by atoms with Crippen LogP contribution in [0.4, 0.5) is 10.5 Å². The van der Waals surface area contributed by atoms with E-state index in [0.29, 0.717) is 13.1 Å². The van der Waals surface area contributed by atoms with Crippen LogP contribution in [0.5, 0.6) is 0 Å². The highest BCUT2D eigenvalue weighted by Gasteiger charge is 2.08. The van der Waals surface area contributed by atoms with Crippen molar-refractivity contribution in [1.29, 1.82) is 0 Å². The molecule has 4 N–H and O–H groups in total. The number of nitrogens with two attached hydrogens (primary N) is 1. The molecule has 0 fully saturated rings. The Labute approximate surface area is 152 Å². The number of urea groups is 1. The minimum atomic E-state index is -0.190. The maximum absolute atomic E-state index is 11.3. The highest BCUT2D eigenvalue weighted by atomic mass is 16.2. The summed E-state index contributed by atoms with van der Waals surface area (Å²) in [4.78, 5) is 17.9. The van der Waals surface area contributed by atoms with Gasteiger partial charge in [0, 0.05) is 45.1 Å². The fraction of sp³-hybridized carbons (Fsp3) is 0.263. The first kappa shape index (κ1) is 17.8. The third kappa shape index (κ3) is 3.78. The average Bonchev–Trinajstić information content (AvgIpc) is 3.10. The molecule has 2 amide bonds. The SMILES string of the molecule is CNC(=O)NCc1ccc(-n2cnc3cc(N(C)CCN)ccc32)cc1. The van der Waals surface area contributed by atoms with Gasteiger partial charge in [0.15, 0.2) is 0 Å². The molecule has 0 radical (unpaired) electrons. The molecule has 2 aromatic carbocycles. The van der Waals surface area contributed by atoms with Crippen molar-refractivity contribution in [2.45, 2.75) is 6.54 Å². The lowest BCUT2D eigenvalue weighted by molar-refractivity contribution is 0.242. The van der Waals surface area contributed by atoms with E-state index in [0.717, 1.165) is 34.5 Å². The van der Waals surface area contributed by atoms with Crippen LogP contribution in [-0.4, -0.2) is 42.8 Å². The summed E-state index contributed by atoms with van der Waals surface area (Å²) in [5.74, 6) is 0. The molecule has 7 nitrogen and oxygen atoms in total. The van der Waals surface area contributed by atoms with Gasteiger partial charge in [-0.1, -0.05) is 12.1 Å². The summed E-state index contributed by atoms with van der Waals surface area (Å²) < 4.78 is 2.05. The molecule has 0 spiro atoms. The smallest absolute Gasteiger partial charge is 0.314 e. The Morgan fingerprint density at radius 1 is 1.23 bits per heavy atom. The molecule has 3 aromatic rings. The summed E-state index contributed by atoms with van der Waals surface area (Å²) in [6.45, 7) is 1.91. The lowest BCUT2D eigenvalue weighted by Gasteiger charge is -2.18. The molecule has 7 heteroatoms. The van der Waals surface area contributed by atoms with E-state index in [9.17, 15) is 4.79 Å². The Hall–Kier alpha value is -3.06. The molecule has 0 bridgehead atoms. The van der Waals surface area contributed by atoms with Gasteiger partial charge in [-0.3, -0.25) is 4.57 Å². The van der Waals surface area contributed by atoms with Crippen LogP contribution >= 0.6 is 0 Å². The van der Waals surface area contributed by atoms with E-state index in [1.54, 1.807) is 7.05 Å². The second-order valence-electron chi connectivity index (χ2n) is 6.10. The van der Waals surface area contributed by atoms with Crippen LogP contribution < -0.4 is 21.3 Å². The van der Waals surface area contributed by atoms with E-state index < -0.39 is 0 Å². The molecule has 26 heavy (non-hydrogen) atoms. The number of carbonyl (C=O) groups excluding carboxylic acids is 1. The largest absolute Gasteiger partial charge is 0.373 e. The van der Waals surface area contributed by atoms with Gasteiger partial charge < -0.3 is 21.3 Å².